The zero-order valence-electron chi connectivity index (χ0n) is 17.0. The van der Waals surface area contributed by atoms with Gasteiger partial charge in [0.25, 0.3) is 6.08 Å². The summed E-state index contributed by atoms with van der Waals surface area (Å²) >= 11 is 0. The standard InChI is InChI=1S/C11H10F4O2.C11H9F3O2/c12-9-3-1-2-7(10-16-4-5-17-10)8(9)6-11(13,14)15;12-9-3-1-2-7(8(9)6-10(13)14)11-15-4-5-16-11/h1-3,10H,4-6H2;1-3,6,11H,4-5H2. The third kappa shape index (κ3) is 7.00. The summed E-state index contributed by atoms with van der Waals surface area (Å²) in [6.45, 7) is 1.35. The van der Waals surface area contributed by atoms with Crippen molar-refractivity contribution in [3.63, 3.8) is 0 Å². The summed E-state index contributed by atoms with van der Waals surface area (Å²) in [6.07, 6.45) is -8.92. The van der Waals surface area contributed by atoms with Crippen molar-refractivity contribution < 1.29 is 49.7 Å². The zero-order valence-corrected chi connectivity index (χ0v) is 17.0. The van der Waals surface area contributed by atoms with E-state index < -0.39 is 48.5 Å². The summed E-state index contributed by atoms with van der Waals surface area (Å²) in [5.74, 6) is -1.61. The molecule has 0 atom stereocenters. The van der Waals surface area contributed by atoms with Crippen molar-refractivity contribution in [3.05, 3.63) is 76.4 Å². The number of ether oxygens (including phenoxy) is 4. The molecule has 180 valence electrons. The smallest absolute Gasteiger partial charge is 0.346 e. The molecule has 2 aliphatic rings. The van der Waals surface area contributed by atoms with Crippen LogP contribution < -0.4 is 0 Å². The van der Waals surface area contributed by atoms with Gasteiger partial charge in [0.05, 0.1) is 32.8 Å². The van der Waals surface area contributed by atoms with Crippen LogP contribution in [0.3, 0.4) is 0 Å². The first-order valence-electron chi connectivity index (χ1n) is 9.77. The summed E-state index contributed by atoms with van der Waals surface area (Å²) < 4.78 is 109. The van der Waals surface area contributed by atoms with Crippen molar-refractivity contribution in [1.82, 2.24) is 0 Å². The largest absolute Gasteiger partial charge is 0.393 e. The van der Waals surface area contributed by atoms with Crippen LogP contribution in [0, 0.1) is 11.6 Å². The summed E-state index contributed by atoms with van der Waals surface area (Å²) in [5, 5.41) is 0. The number of halogens is 7. The molecule has 0 amide bonds. The molecule has 0 saturated carbocycles. The van der Waals surface area contributed by atoms with Gasteiger partial charge in [-0.2, -0.15) is 22.0 Å². The number of alkyl halides is 3. The minimum absolute atomic E-state index is 0.111. The first-order valence-corrected chi connectivity index (χ1v) is 9.77. The minimum Gasteiger partial charge on any atom is -0.346 e. The zero-order chi connectivity index (χ0) is 24.0. The fraction of sp³-hybridized carbons (Fsp3) is 0.364. The van der Waals surface area contributed by atoms with E-state index in [1.807, 2.05) is 0 Å². The average Bonchev–Trinajstić information content (AvgIpc) is 3.44. The second-order valence-corrected chi connectivity index (χ2v) is 6.92. The summed E-state index contributed by atoms with van der Waals surface area (Å²) in [4.78, 5) is 0. The van der Waals surface area contributed by atoms with E-state index in [0.29, 0.717) is 32.5 Å². The molecule has 0 bridgehead atoms. The van der Waals surface area contributed by atoms with Crippen LogP contribution in [-0.4, -0.2) is 32.6 Å². The molecule has 11 heteroatoms. The molecule has 0 radical (unpaired) electrons. The van der Waals surface area contributed by atoms with Gasteiger partial charge in [0, 0.05) is 28.3 Å². The predicted octanol–water partition coefficient (Wildman–Crippen LogP) is 6.08. The molecular formula is C22H19F7O4. The molecule has 0 aliphatic carbocycles. The van der Waals surface area contributed by atoms with Gasteiger partial charge in [-0.3, -0.25) is 0 Å². The molecule has 33 heavy (non-hydrogen) atoms. The number of benzene rings is 2. The maximum Gasteiger partial charge on any atom is 0.393 e. The summed E-state index contributed by atoms with van der Waals surface area (Å²) in [5.41, 5.74) is -0.202. The van der Waals surface area contributed by atoms with Crippen molar-refractivity contribution in [1.29, 1.82) is 0 Å². The highest BCUT2D eigenvalue weighted by molar-refractivity contribution is 5.55. The molecule has 2 aliphatic heterocycles. The van der Waals surface area contributed by atoms with Crippen LogP contribution in [0.15, 0.2) is 42.5 Å². The SMILES string of the molecule is FC(F)=Cc1c(F)cccc1C1OCCO1.Fc1cccc(C2OCCO2)c1CC(F)(F)F. The quantitative estimate of drug-likeness (QED) is 0.497. The number of hydrogen-bond acceptors (Lipinski definition) is 4. The normalized spacial score (nSPS) is 17.1. The second-order valence-electron chi connectivity index (χ2n) is 6.92. The van der Waals surface area contributed by atoms with Crippen LogP contribution >= 0.6 is 0 Å². The van der Waals surface area contributed by atoms with E-state index in [2.05, 4.69) is 0 Å². The lowest BCUT2D eigenvalue weighted by molar-refractivity contribution is -0.128. The maximum absolute atomic E-state index is 13.4. The lowest BCUT2D eigenvalue weighted by Gasteiger charge is -2.16. The molecule has 0 unspecified atom stereocenters. The minimum atomic E-state index is -4.46. The van der Waals surface area contributed by atoms with Crippen molar-refractivity contribution in [2.45, 2.75) is 25.2 Å². The molecule has 2 saturated heterocycles. The van der Waals surface area contributed by atoms with Gasteiger partial charge in [0.1, 0.15) is 11.6 Å². The van der Waals surface area contributed by atoms with E-state index in [0.717, 1.165) is 12.1 Å². The Balaban J connectivity index is 0.000000186. The van der Waals surface area contributed by atoms with Crippen molar-refractivity contribution in [3.8, 4) is 0 Å². The fourth-order valence-corrected chi connectivity index (χ4v) is 3.28. The van der Waals surface area contributed by atoms with E-state index in [4.69, 9.17) is 18.9 Å². The van der Waals surface area contributed by atoms with Crippen molar-refractivity contribution >= 4 is 6.08 Å². The summed E-state index contributed by atoms with van der Waals surface area (Å²) in [7, 11) is 0. The van der Waals surface area contributed by atoms with E-state index in [1.165, 1.54) is 24.3 Å². The number of hydrogen-bond donors (Lipinski definition) is 0. The Morgan fingerprint density at radius 2 is 1.27 bits per heavy atom. The first-order chi connectivity index (χ1) is 15.7. The average molecular weight is 480 g/mol. The molecule has 0 spiro atoms. The highest BCUT2D eigenvalue weighted by Gasteiger charge is 2.33. The molecule has 4 rings (SSSR count). The van der Waals surface area contributed by atoms with Crippen molar-refractivity contribution in [2.75, 3.05) is 26.4 Å². The Labute approximate surface area is 184 Å². The van der Waals surface area contributed by atoms with E-state index in [9.17, 15) is 30.7 Å². The molecule has 0 aromatic heterocycles. The van der Waals surface area contributed by atoms with Crippen LogP contribution in [-0.2, 0) is 25.4 Å². The van der Waals surface area contributed by atoms with E-state index >= 15 is 0 Å². The van der Waals surface area contributed by atoms with Gasteiger partial charge in [0.2, 0.25) is 0 Å². The highest BCUT2D eigenvalue weighted by Crippen LogP contribution is 2.32. The van der Waals surface area contributed by atoms with E-state index in [-0.39, 0.29) is 16.7 Å². The third-order valence-corrected chi connectivity index (χ3v) is 4.62. The van der Waals surface area contributed by atoms with Crippen LogP contribution in [0.2, 0.25) is 0 Å². The van der Waals surface area contributed by atoms with Gasteiger partial charge < -0.3 is 18.9 Å². The monoisotopic (exact) mass is 480 g/mol. The molecule has 2 heterocycles. The first kappa shape index (κ1) is 25.2. The Morgan fingerprint density at radius 1 is 0.788 bits per heavy atom. The van der Waals surface area contributed by atoms with Crippen LogP contribution in [0.25, 0.3) is 6.08 Å². The third-order valence-electron chi connectivity index (χ3n) is 4.62. The predicted molar refractivity (Wildman–Crippen MR) is 102 cm³/mol. The van der Waals surface area contributed by atoms with Gasteiger partial charge >= 0.3 is 6.18 Å². The Kier molecular flexibility index (Phi) is 8.46. The van der Waals surface area contributed by atoms with Gasteiger partial charge in [-0.1, -0.05) is 24.3 Å². The molecule has 0 N–H and O–H groups in total. The lowest BCUT2D eigenvalue weighted by Crippen LogP contribution is -2.16. The Hall–Kier alpha value is -2.47. The van der Waals surface area contributed by atoms with Gasteiger partial charge in [-0.15, -0.1) is 0 Å². The van der Waals surface area contributed by atoms with Gasteiger partial charge in [-0.05, 0) is 12.1 Å². The lowest BCUT2D eigenvalue weighted by atomic mass is 10.0. The van der Waals surface area contributed by atoms with Crippen molar-refractivity contribution in [2.24, 2.45) is 0 Å². The maximum atomic E-state index is 13.4. The molecule has 2 fully saturated rings. The molecular weight excluding hydrogens is 461 g/mol. The molecule has 2 aromatic rings. The second kappa shape index (κ2) is 11.1. The van der Waals surface area contributed by atoms with Crippen LogP contribution in [0.1, 0.15) is 34.8 Å². The van der Waals surface area contributed by atoms with Gasteiger partial charge in [-0.25, -0.2) is 8.78 Å². The van der Waals surface area contributed by atoms with Gasteiger partial charge in [0.15, 0.2) is 12.6 Å². The Morgan fingerprint density at radius 3 is 1.79 bits per heavy atom. The summed E-state index contributed by atoms with van der Waals surface area (Å²) in [6, 6.07) is 7.79. The topological polar surface area (TPSA) is 36.9 Å². The molecule has 2 aromatic carbocycles. The van der Waals surface area contributed by atoms with Crippen LogP contribution in [0.4, 0.5) is 30.7 Å². The Bertz CT molecular complexity index is 962. The fourth-order valence-electron chi connectivity index (χ4n) is 3.28. The number of rotatable bonds is 4. The molecule has 4 nitrogen and oxygen atoms in total. The highest BCUT2D eigenvalue weighted by atomic mass is 19.4. The van der Waals surface area contributed by atoms with Crippen LogP contribution in [0.5, 0.6) is 0 Å². The van der Waals surface area contributed by atoms with E-state index in [1.54, 1.807) is 0 Å².